The molecule has 1 saturated heterocycles. The van der Waals surface area contributed by atoms with Crippen LogP contribution in [-0.4, -0.2) is 30.1 Å². The quantitative estimate of drug-likeness (QED) is 0.838. The third-order valence-electron chi connectivity index (χ3n) is 3.23. The van der Waals surface area contributed by atoms with Gasteiger partial charge in [-0.3, -0.25) is 4.79 Å². The lowest BCUT2D eigenvalue weighted by molar-refractivity contribution is -0.119. The fourth-order valence-corrected chi connectivity index (χ4v) is 2.25. The first kappa shape index (κ1) is 15.4. The zero-order valence-electron chi connectivity index (χ0n) is 12.9. The largest absolute Gasteiger partial charge is 0.456 e. The Morgan fingerprint density at radius 1 is 1.38 bits per heavy atom. The van der Waals surface area contributed by atoms with Crippen LogP contribution in [0.3, 0.4) is 0 Å². The van der Waals surface area contributed by atoms with E-state index >= 15 is 0 Å². The molecular formula is C16H22N2O3. The van der Waals surface area contributed by atoms with Crippen molar-refractivity contribution in [2.75, 3.05) is 11.9 Å². The maximum atomic E-state index is 12.1. The fraction of sp³-hybridized carbons (Fsp3) is 0.500. The number of aryl methyl sites for hydroxylation is 1. The van der Waals surface area contributed by atoms with Gasteiger partial charge in [0.25, 0.3) is 0 Å². The van der Waals surface area contributed by atoms with Crippen molar-refractivity contribution in [3.8, 4) is 0 Å². The molecule has 1 fully saturated rings. The fourth-order valence-electron chi connectivity index (χ4n) is 2.25. The highest BCUT2D eigenvalue weighted by atomic mass is 16.6. The molecule has 1 aliphatic rings. The van der Waals surface area contributed by atoms with Crippen molar-refractivity contribution in [1.82, 2.24) is 5.32 Å². The van der Waals surface area contributed by atoms with Gasteiger partial charge in [0.15, 0.2) is 0 Å². The maximum Gasteiger partial charge on any atom is 0.338 e. The number of carbonyl (C=O) groups excluding carboxylic acids is 2. The van der Waals surface area contributed by atoms with E-state index in [1.807, 2.05) is 33.8 Å². The highest BCUT2D eigenvalue weighted by Gasteiger charge is 2.24. The summed E-state index contributed by atoms with van der Waals surface area (Å²) in [5, 5.41) is 5.97. The normalized spacial score (nSPS) is 18.3. The lowest BCUT2D eigenvalue weighted by Gasteiger charge is -2.20. The van der Waals surface area contributed by atoms with Crippen LogP contribution in [-0.2, 0) is 9.53 Å². The van der Waals surface area contributed by atoms with Crippen molar-refractivity contribution in [1.29, 1.82) is 0 Å². The minimum Gasteiger partial charge on any atom is -0.456 e. The number of hydrogen-bond donors (Lipinski definition) is 2. The molecule has 1 atom stereocenters. The average molecular weight is 290 g/mol. The maximum absolute atomic E-state index is 12.1. The number of amides is 1. The first-order valence-corrected chi connectivity index (χ1v) is 7.14. The van der Waals surface area contributed by atoms with Crippen molar-refractivity contribution in [3.05, 3.63) is 29.3 Å². The molecule has 1 aliphatic heterocycles. The molecule has 0 spiro atoms. The molecule has 0 saturated carbocycles. The van der Waals surface area contributed by atoms with Crippen LogP contribution < -0.4 is 10.6 Å². The van der Waals surface area contributed by atoms with Crippen LogP contribution in [0.2, 0.25) is 0 Å². The van der Waals surface area contributed by atoms with Crippen molar-refractivity contribution < 1.29 is 14.3 Å². The smallest absolute Gasteiger partial charge is 0.338 e. The van der Waals surface area contributed by atoms with E-state index in [0.29, 0.717) is 12.1 Å². The number of carbonyl (C=O) groups is 2. The molecule has 0 aromatic heterocycles. The molecule has 5 nitrogen and oxygen atoms in total. The first-order chi connectivity index (χ1) is 9.76. The average Bonchev–Trinajstić information content (AvgIpc) is 2.72. The monoisotopic (exact) mass is 290 g/mol. The van der Waals surface area contributed by atoms with Gasteiger partial charge in [-0.15, -0.1) is 0 Å². The number of nitrogens with one attached hydrogen (secondary N) is 2. The van der Waals surface area contributed by atoms with E-state index in [1.165, 1.54) is 0 Å². The summed E-state index contributed by atoms with van der Waals surface area (Å²) in [6.45, 7) is 8.09. The van der Waals surface area contributed by atoms with Crippen molar-refractivity contribution >= 4 is 17.6 Å². The zero-order valence-corrected chi connectivity index (χ0v) is 12.9. The van der Waals surface area contributed by atoms with Gasteiger partial charge in [-0.05, 0) is 57.9 Å². The van der Waals surface area contributed by atoms with Gasteiger partial charge >= 0.3 is 5.97 Å². The number of hydrogen-bond acceptors (Lipinski definition) is 4. The van der Waals surface area contributed by atoms with Gasteiger partial charge in [-0.1, -0.05) is 0 Å². The van der Waals surface area contributed by atoms with E-state index in [2.05, 4.69) is 10.6 Å². The molecule has 0 aliphatic carbocycles. The standard InChI is InChI=1S/C16H22N2O3/c1-10-9-11(18-13-7-8-17-14(13)19)5-6-12(10)15(20)21-16(2,3)4/h5-6,9,13,18H,7-8H2,1-4H3,(H,17,19)/t13-/m1/s1. The van der Waals surface area contributed by atoms with E-state index in [4.69, 9.17) is 4.74 Å². The number of esters is 1. The van der Waals surface area contributed by atoms with Crippen molar-refractivity contribution in [2.45, 2.75) is 45.8 Å². The van der Waals surface area contributed by atoms with Crippen LogP contribution in [0.25, 0.3) is 0 Å². The van der Waals surface area contributed by atoms with Crippen molar-refractivity contribution in [3.63, 3.8) is 0 Å². The highest BCUT2D eigenvalue weighted by molar-refractivity contribution is 5.92. The Morgan fingerprint density at radius 2 is 2.10 bits per heavy atom. The topological polar surface area (TPSA) is 67.4 Å². The Balaban J connectivity index is 2.10. The Kier molecular flexibility index (Phi) is 4.21. The van der Waals surface area contributed by atoms with Crippen LogP contribution >= 0.6 is 0 Å². The Labute approximate surface area is 125 Å². The van der Waals surface area contributed by atoms with Crippen LogP contribution in [0.4, 0.5) is 5.69 Å². The van der Waals surface area contributed by atoms with Gasteiger partial charge < -0.3 is 15.4 Å². The van der Waals surface area contributed by atoms with Gasteiger partial charge in [-0.25, -0.2) is 4.79 Å². The second kappa shape index (κ2) is 5.76. The predicted octanol–water partition coefficient (Wildman–Crippen LogP) is 2.25. The van der Waals surface area contributed by atoms with E-state index < -0.39 is 5.60 Å². The number of benzene rings is 1. The number of ether oxygens (including phenoxy) is 1. The third kappa shape index (κ3) is 3.97. The first-order valence-electron chi connectivity index (χ1n) is 7.14. The van der Waals surface area contributed by atoms with Gasteiger partial charge in [0.05, 0.1) is 5.56 Å². The summed E-state index contributed by atoms with van der Waals surface area (Å²) in [4.78, 5) is 23.6. The van der Waals surface area contributed by atoms with Gasteiger partial charge in [0, 0.05) is 12.2 Å². The Morgan fingerprint density at radius 3 is 2.62 bits per heavy atom. The van der Waals surface area contributed by atoms with Gasteiger partial charge in [-0.2, -0.15) is 0 Å². The molecule has 1 amide bonds. The molecule has 1 aromatic rings. The van der Waals surface area contributed by atoms with E-state index in [0.717, 1.165) is 17.7 Å². The molecule has 1 heterocycles. The molecule has 21 heavy (non-hydrogen) atoms. The summed E-state index contributed by atoms with van der Waals surface area (Å²) in [5.74, 6) is -0.311. The van der Waals surface area contributed by atoms with Crippen LogP contribution in [0.5, 0.6) is 0 Å². The minimum atomic E-state index is -0.512. The second-order valence-corrected chi connectivity index (χ2v) is 6.31. The molecule has 2 N–H and O–H groups in total. The summed E-state index contributed by atoms with van der Waals surface area (Å²) in [6, 6.07) is 5.21. The summed E-state index contributed by atoms with van der Waals surface area (Å²) in [6.07, 6.45) is 0.770. The lowest BCUT2D eigenvalue weighted by atomic mass is 10.1. The van der Waals surface area contributed by atoms with Crippen LogP contribution in [0.15, 0.2) is 18.2 Å². The highest BCUT2D eigenvalue weighted by Crippen LogP contribution is 2.20. The molecule has 5 heteroatoms. The Hall–Kier alpha value is -2.04. The van der Waals surface area contributed by atoms with Crippen molar-refractivity contribution in [2.24, 2.45) is 0 Å². The van der Waals surface area contributed by atoms with Gasteiger partial charge in [0.2, 0.25) is 5.91 Å². The summed E-state index contributed by atoms with van der Waals surface area (Å²) >= 11 is 0. The zero-order chi connectivity index (χ0) is 15.6. The molecular weight excluding hydrogens is 268 g/mol. The number of anilines is 1. The van der Waals surface area contributed by atoms with Crippen LogP contribution in [0.1, 0.15) is 43.1 Å². The van der Waals surface area contributed by atoms with Gasteiger partial charge in [0.1, 0.15) is 11.6 Å². The van der Waals surface area contributed by atoms with E-state index in [9.17, 15) is 9.59 Å². The SMILES string of the molecule is Cc1cc(N[C@@H]2CCNC2=O)ccc1C(=O)OC(C)(C)C. The summed E-state index contributed by atoms with van der Waals surface area (Å²) in [7, 11) is 0. The molecule has 0 bridgehead atoms. The van der Waals surface area contributed by atoms with Crippen LogP contribution in [0, 0.1) is 6.92 Å². The molecule has 0 radical (unpaired) electrons. The summed E-state index contributed by atoms with van der Waals surface area (Å²) in [5.41, 5.74) is 1.70. The molecule has 2 rings (SSSR count). The third-order valence-corrected chi connectivity index (χ3v) is 3.23. The van der Waals surface area contributed by atoms with E-state index in [1.54, 1.807) is 12.1 Å². The Bertz CT molecular complexity index is 561. The number of rotatable bonds is 3. The lowest BCUT2D eigenvalue weighted by Crippen LogP contribution is -2.29. The van der Waals surface area contributed by atoms with E-state index in [-0.39, 0.29) is 17.9 Å². The second-order valence-electron chi connectivity index (χ2n) is 6.31. The summed E-state index contributed by atoms with van der Waals surface area (Å²) < 4.78 is 5.37. The molecule has 1 aromatic carbocycles. The molecule has 114 valence electrons. The predicted molar refractivity (Wildman–Crippen MR) is 81.4 cm³/mol. The molecule has 0 unspecified atom stereocenters. The minimum absolute atomic E-state index is 0.0175.